The van der Waals surface area contributed by atoms with E-state index in [9.17, 15) is 4.79 Å². The number of hydrogen-bond acceptors (Lipinski definition) is 3. The summed E-state index contributed by atoms with van der Waals surface area (Å²) in [6.45, 7) is 8.02. The van der Waals surface area contributed by atoms with Gasteiger partial charge in [0.2, 0.25) is 5.91 Å². The van der Waals surface area contributed by atoms with Gasteiger partial charge in [0.15, 0.2) is 5.13 Å². The van der Waals surface area contributed by atoms with E-state index in [1.807, 2.05) is 53.4 Å². The summed E-state index contributed by atoms with van der Waals surface area (Å²) in [6, 6.07) is 15.5. The van der Waals surface area contributed by atoms with Crippen molar-refractivity contribution in [3.8, 4) is 0 Å². The minimum atomic E-state index is 0.0814. The molecule has 0 radical (unpaired) electrons. The van der Waals surface area contributed by atoms with Gasteiger partial charge in [-0.3, -0.25) is 9.69 Å². The quantitative estimate of drug-likeness (QED) is 0.626. The van der Waals surface area contributed by atoms with Crippen LogP contribution in [0.2, 0.25) is 5.02 Å². The summed E-state index contributed by atoms with van der Waals surface area (Å²) in [5.41, 5.74) is 1.90. The van der Waals surface area contributed by atoms with Gasteiger partial charge in [-0.15, -0.1) is 0 Å². The number of benzene rings is 2. The number of aromatic nitrogens is 1. The molecular weight excluding hydrogens is 378 g/mol. The summed E-state index contributed by atoms with van der Waals surface area (Å²) < 4.78 is 1.00. The van der Waals surface area contributed by atoms with Crippen molar-refractivity contribution in [2.24, 2.45) is 0 Å². The van der Waals surface area contributed by atoms with Crippen LogP contribution in [0.15, 0.2) is 48.5 Å². The van der Waals surface area contributed by atoms with Crippen molar-refractivity contribution in [2.75, 3.05) is 31.1 Å². The fourth-order valence-corrected chi connectivity index (χ4v) is 4.35. The number of nitrogens with zero attached hydrogens (tertiary/aromatic N) is 2. The molecule has 0 atom stereocenters. The number of fused-ring (bicyclic) bond motifs is 1. The van der Waals surface area contributed by atoms with E-state index in [4.69, 9.17) is 16.6 Å². The lowest BCUT2D eigenvalue weighted by atomic mass is 10.1. The van der Waals surface area contributed by atoms with Crippen LogP contribution in [0.25, 0.3) is 10.2 Å². The number of halogens is 1. The fraction of sp³-hybridized carbons (Fsp3) is 0.333. The molecular formula is C21H25ClN3OS+. The fourth-order valence-electron chi connectivity index (χ4n) is 3.07. The molecule has 6 heteroatoms. The summed E-state index contributed by atoms with van der Waals surface area (Å²) in [4.78, 5) is 21.1. The van der Waals surface area contributed by atoms with Crippen molar-refractivity contribution >= 4 is 44.2 Å². The van der Waals surface area contributed by atoms with Crippen LogP contribution in [0.3, 0.4) is 0 Å². The first-order valence-corrected chi connectivity index (χ1v) is 10.5. The van der Waals surface area contributed by atoms with Gasteiger partial charge in [-0.2, -0.15) is 0 Å². The van der Waals surface area contributed by atoms with Gasteiger partial charge in [0.1, 0.15) is 0 Å². The van der Waals surface area contributed by atoms with E-state index >= 15 is 0 Å². The maximum Gasteiger partial charge on any atom is 0.233 e. The number of rotatable bonds is 8. The molecule has 3 rings (SSSR count). The van der Waals surface area contributed by atoms with Gasteiger partial charge >= 0.3 is 0 Å². The van der Waals surface area contributed by atoms with Gasteiger partial charge in [0, 0.05) is 5.02 Å². The molecule has 0 saturated carbocycles. The molecule has 0 aliphatic carbocycles. The van der Waals surface area contributed by atoms with Gasteiger partial charge in [-0.05, 0) is 37.6 Å². The highest BCUT2D eigenvalue weighted by atomic mass is 35.5. The van der Waals surface area contributed by atoms with E-state index < -0.39 is 0 Å². The molecule has 27 heavy (non-hydrogen) atoms. The highest BCUT2D eigenvalue weighted by Crippen LogP contribution is 2.31. The third-order valence-corrected chi connectivity index (χ3v) is 6.03. The molecule has 2 aromatic carbocycles. The molecule has 0 aliphatic heterocycles. The lowest BCUT2D eigenvalue weighted by Gasteiger charge is -2.23. The van der Waals surface area contributed by atoms with Crippen molar-refractivity contribution in [3.63, 3.8) is 0 Å². The molecule has 0 spiro atoms. The molecule has 0 unspecified atom stereocenters. The first kappa shape index (κ1) is 19.8. The first-order chi connectivity index (χ1) is 13.1. The van der Waals surface area contributed by atoms with E-state index in [-0.39, 0.29) is 5.91 Å². The number of hydrogen-bond donors (Lipinski definition) is 1. The second kappa shape index (κ2) is 9.31. The van der Waals surface area contributed by atoms with Gasteiger partial charge in [-0.1, -0.05) is 53.3 Å². The highest BCUT2D eigenvalue weighted by molar-refractivity contribution is 7.22. The van der Waals surface area contributed by atoms with Crippen molar-refractivity contribution in [1.29, 1.82) is 0 Å². The second-order valence-corrected chi connectivity index (χ2v) is 7.97. The Morgan fingerprint density at radius 3 is 2.59 bits per heavy atom. The minimum Gasteiger partial charge on any atom is -0.334 e. The van der Waals surface area contributed by atoms with Crippen LogP contribution in [0.1, 0.15) is 19.4 Å². The van der Waals surface area contributed by atoms with Crippen molar-refractivity contribution in [2.45, 2.75) is 20.3 Å². The maximum atomic E-state index is 13.1. The number of carbonyl (C=O) groups excluding carboxylic acids is 1. The lowest BCUT2D eigenvalue weighted by Crippen LogP contribution is -3.12. The number of amides is 1. The van der Waals surface area contributed by atoms with Crippen LogP contribution in [-0.4, -0.2) is 37.1 Å². The Labute approximate surface area is 169 Å². The predicted octanol–water partition coefficient (Wildman–Crippen LogP) is 3.45. The normalized spacial score (nSPS) is 11.3. The Bertz CT molecular complexity index is 893. The largest absolute Gasteiger partial charge is 0.334 e. The molecule has 142 valence electrons. The number of quaternary nitrogens is 1. The lowest BCUT2D eigenvalue weighted by molar-refractivity contribution is -0.894. The zero-order valence-electron chi connectivity index (χ0n) is 15.7. The Balaban J connectivity index is 1.86. The number of thiazole rings is 1. The molecule has 1 N–H and O–H groups in total. The monoisotopic (exact) mass is 402 g/mol. The number of carbonyl (C=O) groups is 1. The Hall–Kier alpha value is -1.95. The average molecular weight is 403 g/mol. The zero-order valence-corrected chi connectivity index (χ0v) is 17.3. The molecule has 4 nitrogen and oxygen atoms in total. The van der Waals surface area contributed by atoms with Crippen LogP contribution in [0, 0.1) is 0 Å². The SMILES string of the molecule is CC[NH+](CC)CCN(C(=O)Cc1ccccc1)c1nc2ccc(Cl)cc2s1. The molecule has 0 saturated heterocycles. The Morgan fingerprint density at radius 1 is 1.15 bits per heavy atom. The number of likely N-dealkylation sites (N-methyl/N-ethyl adjacent to an activating group) is 1. The summed E-state index contributed by atoms with van der Waals surface area (Å²) >= 11 is 7.64. The van der Waals surface area contributed by atoms with Crippen LogP contribution in [0.4, 0.5) is 5.13 Å². The molecule has 3 aromatic rings. The van der Waals surface area contributed by atoms with Crippen molar-refractivity contribution in [1.82, 2.24) is 4.98 Å². The van der Waals surface area contributed by atoms with E-state index in [1.165, 1.54) is 16.2 Å². The first-order valence-electron chi connectivity index (χ1n) is 9.34. The van der Waals surface area contributed by atoms with Crippen LogP contribution in [0.5, 0.6) is 0 Å². The summed E-state index contributed by atoms with van der Waals surface area (Å²) in [6.07, 6.45) is 0.380. The third-order valence-electron chi connectivity index (χ3n) is 4.76. The molecule has 0 bridgehead atoms. The van der Waals surface area contributed by atoms with Gasteiger partial charge in [0.25, 0.3) is 0 Å². The topological polar surface area (TPSA) is 37.6 Å². The minimum absolute atomic E-state index is 0.0814. The van der Waals surface area contributed by atoms with Crippen molar-refractivity contribution in [3.05, 3.63) is 59.1 Å². The molecule has 1 aromatic heterocycles. The molecule has 1 amide bonds. The highest BCUT2D eigenvalue weighted by Gasteiger charge is 2.21. The summed E-state index contributed by atoms with van der Waals surface area (Å²) in [5, 5.41) is 1.44. The predicted molar refractivity (Wildman–Crippen MR) is 114 cm³/mol. The van der Waals surface area contributed by atoms with Crippen LogP contribution < -0.4 is 9.80 Å². The van der Waals surface area contributed by atoms with E-state index in [1.54, 1.807) is 0 Å². The summed E-state index contributed by atoms with van der Waals surface area (Å²) in [5.74, 6) is 0.0814. The van der Waals surface area contributed by atoms with E-state index in [0.717, 1.165) is 40.5 Å². The number of nitrogens with one attached hydrogen (secondary N) is 1. The van der Waals surface area contributed by atoms with Crippen molar-refractivity contribution < 1.29 is 9.69 Å². The Kier molecular flexibility index (Phi) is 6.83. The van der Waals surface area contributed by atoms with Gasteiger partial charge in [-0.25, -0.2) is 4.98 Å². The second-order valence-electron chi connectivity index (χ2n) is 6.52. The third kappa shape index (κ3) is 5.06. The smallest absolute Gasteiger partial charge is 0.233 e. The molecule has 0 aliphatic rings. The molecule has 0 fully saturated rings. The van der Waals surface area contributed by atoms with Crippen LogP contribution >= 0.6 is 22.9 Å². The summed E-state index contributed by atoms with van der Waals surface area (Å²) in [7, 11) is 0. The Morgan fingerprint density at radius 2 is 1.89 bits per heavy atom. The van der Waals surface area contributed by atoms with Crippen LogP contribution in [-0.2, 0) is 11.2 Å². The average Bonchev–Trinajstić information content (AvgIpc) is 3.08. The standard InChI is InChI=1S/C21H24ClN3OS/c1-3-24(4-2)12-13-25(20(26)14-16-8-6-5-7-9-16)21-23-18-11-10-17(22)15-19(18)27-21/h5-11,15H,3-4,12-14H2,1-2H3/p+1. The zero-order chi connectivity index (χ0) is 19.2. The maximum absolute atomic E-state index is 13.1. The van der Waals surface area contributed by atoms with Gasteiger partial charge in [0.05, 0.1) is 42.8 Å². The van der Waals surface area contributed by atoms with E-state index in [0.29, 0.717) is 18.0 Å². The number of anilines is 1. The molecule has 1 heterocycles. The van der Waals surface area contributed by atoms with E-state index in [2.05, 4.69) is 13.8 Å². The van der Waals surface area contributed by atoms with Gasteiger partial charge < -0.3 is 4.90 Å².